The zero-order valence-corrected chi connectivity index (χ0v) is 16.4. The van der Waals surface area contributed by atoms with E-state index in [2.05, 4.69) is 54.6 Å². The van der Waals surface area contributed by atoms with E-state index in [1.807, 2.05) is 60.7 Å². The van der Waals surface area contributed by atoms with Gasteiger partial charge in [-0.25, -0.2) is 0 Å². The minimum Gasteiger partial charge on any atom is -0.399 e. The van der Waals surface area contributed by atoms with E-state index in [1.54, 1.807) is 0 Å². The third-order valence-electron chi connectivity index (χ3n) is 4.13. The molecule has 0 bridgehead atoms. The second-order valence-electron chi connectivity index (χ2n) is 6.09. The molecule has 0 unspecified atom stereocenters. The lowest BCUT2D eigenvalue weighted by Gasteiger charge is -2.20. The highest BCUT2D eigenvalue weighted by Gasteiger charge is 2.18. The van der Waals surface area contributed by atoms with Gasteiger partial charge in [0.2, 0.25) is 0 Å². The van der Waals surface area contributed by atoms with Gasteiger partial charge in [0.1, 0.15) is 0 Å². The molecule has 0 aliphatic carbocycles. The average Bonchev–Trinajstić information content (AvgIpc) is 2.77. The minimum absolute atomic E-state index is 0.704. The lowest BCUT2D eigenvalue weighted by molar-refractivity contribution is 0.112. The molecule has 4 aromatic carbocycles. The molecule has 0 aliphatic heterocycles. The van der Waals surface area contributed by atoms with E-state index in [-0.39, 0.29) is 0 Å². The molecule has 0 spiro atoms. The summed E-state index contributed by atoms with van der Waals surface area (Å²) in [5.74, 6) is 0. The van der Waals surface area contributed by atoms with Gasteiger partial charge in [0.15, 0.2) is 6.29 Å². The van der Waals surface area contributed by atoms with Crippen molar-refractivity contribution in [1.29, 1.82) is 0 Å². The number of benzene rings is 4. The lowest BCUT2D eigenvalue weighted by Crippen LogP contribution is -2.23. The number of para-hydroxylation sites is 1. The number of nitrogen functional groups attached to an aromatic ring is 1. The van der Waals surface area contributed by atoms with Crippen molar-refractivity contribution in [3.63, 3.8) is 0 Å². The largest absolute Gasteiger partial charge is 0.399 e. The summed E-state index contributed by atoms with van der Waals surface area (Å²) in [6.45, 7) is 0. The molecule has 0 heterocycles. The van der Waals surface area contributed by atoms with Gasteiger partial charge < -0.3 is 5.73 Å². The highest BCUT2D eigenvalue weighted by Crippen LogP contribution is 2.33. The van der Waals surface area contributed by atoms with Gasteiger partial charge in [-0.15, -0.1) is 0 Å². The molecule has 0 aliphatic rings. The molecule has 0 saturated heterocycles. The maximum atomic E-state index is 11.4. The van der Waals surface area contributed by atoms with Gasteiger partial charge >= 0.3 is 0 Å². The number of carbonyl (C=O) groups excluding carboxylic acids is 1. The number of carbonyl (C=O) groups is 1. The summed E-state index contributed by atoms with van der Waals surface area (Å²) in [5, 5.41) is 3.63. The highest BCUT2D eigenvalue weighted by molar-refractivity contribution is 7.80. The Morgan fingerprint density at radius 3 is 1.43 bits per heavy atom. The number of nitrogens with two attached hydrogens (primary N) is 1. The number of hydrogen-bond donors (Lipinski definition) is 1. The average molecular weight is 383 g/mol. The first kappa shape index (κ1) is 19.5. The summed E-state index contributed by atoms with van der Waals surface area (Å²) in [6, 6.07) is 38.2. The van der Waals surface area contributed by atoms with Crippen LogP contribution in [0.2, 0.25) is 0 Å². The van der Waals surface area contributed by atoms with Crippen LogP contribution in [0.4, 0.5) is 5.69 Å². The Morgan fingerprint density at radius 1 is 0.571 bits per heavy atom. The van der Waals surface area contributed by atoms with Crippen LogP contribution in [-0.4, -0.2) is 6.29 Å². The second-order valence-corrected chi connectivity index (χ2v) is 8.28. The zero-order chi connectivity index (χ0) is 19.6. The van der Waals surface area contributed by atoms with Crippen LogP contribution in [0.3, 0.4) is 0 Å². The van der Waals surface area contributed by atoms with E-state index in [0.29, 0.717) is 0 Å². The Balaban J connectivity index is 0.000000271. The summed E-state index contributed by atoms with van der Waals surface area (Å²) in [6.07, 6.45) is 0.955. The highest BCUT2D eigenvalue weighted by atomic mass is 31.1. The molecule has 138 valence electrons. The summed E-state index contributed by atoms with van der Waals surface area (Å²) in [5.41, 5.74) is 6.95. The van der Waals surface area contributed by atoms with Crippen LogP contribution in [0.5, 0.6) is 0 Å². The zero-order valence-electron chi connectivity index (χ0n) is 15.5. The summed E-state index contributed by atoms with van der Waals surface area (Å²) >= 11 is 0. The van der Waals surface area contributed by atoms with Gasteiger partial charge in [0.05, 0.1) is 0 Å². The first-order chi connectivity index (χ1) is 13.8. The Labute approximate surface area is 167 Å². The van der Waals surface area contributed by atoms with Crippen molar-refractivity contribution in [3.8, 4) is 0 Å². The predicted molar refractivity (Wildman–Crippen MR) is 121 cm³/mol. The fourth-order valence-corrected chi connectivity index (χ4v) is 5.24. The number of rotatable bonds is 4. The number of hydrogen-bond acceptors (Lipinski definition) is 2. The quantitative estimate of drug-likeness (QED) is 0.320. The third kappa shape index (κ3) is 5.16. The Kier molecular flexibility index (Phi) is 7.12. The SMILES string of the molecule is Nc1ccccc1.O=Cc1ccccc1P(c1ccccc1)c1ccccc1. The van der Waals surface area contributed by atoms with Crippen LogP contribution in [0.15, 0.2) is 115 Å². The van der Waals surface area contributed by atoms with Crippen molar-refractivity contribution in [2.45, 2.75) is 0 Å². The molecule has 0 aromatic heterocycles. The van der Waals surface area contributed by atoms with Crippen LogP contribution in [0.1, 0.15) is 10.4 Å². The van der Waals surface area contributed by atoms with Crippen LogP contribution < -0.4 is 21.6 Å². The minimum atomic E-state index is -0.704. The van der Waals surface area contributed by atoms with Crippen molar-refractivity contribution in [2.24, 2.45) is 0 Å². The summed E-state index contributed by atoms with van der Waals surface area (Å²) in [4.78, 5) is 11.4. The molecule has 4 rings (SSSR count). The van der Waals surface area contributed by atoms with Gasteiger partial charge in [0.25, 0.3) is 0 Å². The molecular weight excluding hydrogens is 361 g/mol. The van der Waals surface area contributed by atoms with Gasteiger partial charge in [-0.3, -0.25) is 4.79 Å². The standard InChI is InChI=1S/C19H15OP.C6H7N/c20-15-16-9-7-8-14-19(16)21(17-10-3-1-4-11-17)18-12-5-2-6-13-18;7-6-4-2-1-3-5-6/h1-15H;1-5H,7H2. The van der Waals surface area contributed by atoms with E-state index in [0.717, 1.165) is 22.8 Å². The maximum absolute atomic E-state index is 11.4. The molecule has 0 atom stereocenters. The first-order valence-electron chi connectivity index (χ1n) is 9.04. The maximum Gasteiger partial charge on any atom is 0.150 e. The monoisotopic (exact) mass is 383 g/mol. The number of aldehydes is 1. The van der Waals surface area contributed by atoms with E-state index >= 15 is 0 Å². The molecule has 2 nitrogen and oxygen atoms in total. The van der Waals surface area contributed by atoms with E-state index < -0.39 is 7.92 Å². The van der Waals surface area contributed by atoms with Crippen LogP contribution >= 0.6 is 7.92 Å². The van der Waals surface area contributed by atoms with E-state index in [1.165, 1.54) is 10.6 Å². The Hall–Kier alpha value is -3.22. The van der Waals surface area contributed by atoms with E-state index in [9.17, 15) is 4.79 Å². The molecule has 0 fully saturated rings. The number of anilines is 1. The molecular formula is C25H22NOP. The Bertz CT molecular complexity index is 949. The van der Waals surface area contributed by atoms with Gasteiger partial charge in [-0.2, -0.15) is 0 Å². The second kappa shape index (κ2) is 10.2. The van der Waals surface area contributed by atoms with Gasteiger partial charge in [-0.05, 0) is 36.0 Å². The van der Waals surface area contributed by atoms with Crippen molar-refractivity contribution >= 4 is 35.8 Å². The lowest BCUT2D eigenvalue weighted by atomic mass is 10.2. The molecule has 4 aromatic rings. The fraction of sp³-hybridized carbons (Fsp3) is 0. The van der Waals surface area contributed by atoms with Crippen LogP contribution in [0, 0.1) is 0 Å². The summed E-state index contributed by atoms with van der Waals surface area (Å²) in [7, 11) is -0.704. The van der Waals surface area contributed by atoms with Crippen molar-refractivity contribution in [1.82, 2.24) is 0 Å². The molecule has 2 N–H and O–H groups in total. The summed E-state index contributed by atoms with van der Waals surface area (Å²) < 4.78 is 0. The molecule has 3 heteroatoms. The Morgan fingerprint density at radius 2 is 1.00 bits per heavy atom. The van der Waals surface area contributed by atoms with Crippen molar-refractivity contribution in [2.75, 3.05) is 5.73 Å². The topological polar surface area (TPSA) is 43.1 Å². The molecule has 0 radical (unpaired) electrons. The molecule has 0 amide bonds. The van der Waals surface area contributed by atoms with Crippen LogP contribution in [0.25, 0.3) is 0 Å². The molecule has 28 heavy (non-hydrogen) atoms. The normalized spacial score (nSPS) is 10.0. The van der Waals surface area contributed by atoms with Crippen LogP contribution in [-0.2, 0) is 0 Å². The van der Waals surface area contributed by atoms with Crippen molar-refractivity contribution < 1.29 is 4.79 Å². The van der Waals surface area contributed by atoms with Gasteiger partial charge in [-0.1, -0.05) is 103 Å². The molecule has 0 saturated carbocycles. The smallest absolute Gasteiger partial charge is 0.150 e. The third-order valence-corrected chi connectivity index (χ3v) is 6.65. The van der Waals surface area contributed by atoms with Gasteiger partial charge in [0, 0.05) is 11.3 Å². The predicted octanol–water partition coefficient (Wildman–Crippen LogP) is 4.53. The fourth-order valence-electron chi connectivity index (χ4n) is 2.83. The van der Waals surface area contributed by atoms with Crippen molar-refractivity contribution in [3.05, 3.63) is 121 Å². The van der Waals surface area contributed by atoms with E-state index in [4.69, 9.17) is 5.73 Å². The first-order valence-corrected chi connectivity index (χ1v) is 10.4.